The zero-order valence-electron chi connectivity index (χ0n) is 14.3. The molecular weight excluding hydrogens is 336 g/mol. The number of nitrogens with one attached hydrogen (secondary N) is 1. The Labute approximate surface area is 150 Å². The Morgan fingerprint density at radius 1 is 1.00 bits per heavy atom. The summed E-state index contributed by atoms with van der Waals surface area (Å²) >= 11 is 0. The summed E-state index contributed by atoms with van der Waals surface area (Å²) in [4.78, 5) is 38.5. The lowest BCUT2D eigenvalue weighted by Gasteiger charge is -2.35. The van der Waals surface area contributed by atoms with Crippen LogP contribution in [0.3, 0.4) is 0 Å². The molecular formula is C19H20N2O5. The van der Waals surface area contributed by atoms with E-state index in [9.17, 15) is 14.4 Å². The van der Waals surface area contributed by atoms with Crippen LogP contribution in [0.5, 0.6) is 11.5 Å². The van der Waals surface area contributed by atoms with E-state index >= 15 is 0 Å². The Morgan fingerprint density at radius 3 is 2.50 bits per heavy atom. The highest BCUT2D eigenvalue weighted by Gasteiger charge is 2.40. The highest BCUT2D eigenvalue weighted by Crippen LogP contribution is 2.32. The summed E-state index contributed by atoms with van der Waals surface area (Å²) in [6.45, 7) is 0.948. The average molecular weight is 356 g/mol. The van der Waals surface area contributed by atoms with Crippen LogP contribution in [-0.2, 0) is 9.59 Å². The zero-order chi connectivity index (χ0) is 18.1. The van der Waals surface area contributed by atoms with Gasteiger partial charge in [0.1, 0.15) is 18.8 Å². The molecule has 1 saturated carbocycles. The topological polar surface area (TPSA) is 84.9 Å². The Balaban J connectivity index is 1.63. The van der Waals surface area contributed by atoms with Crippen LogP contribution in [0.2, 0.25) is 0 Å². The van der Waals surface area contributed by atoms with Crippen LogP contribution in [0.25, 0.3) is 6.08 Å². The number of fused-ring (bicyclic) bond motifs is 1. The molecule has 2 aliphatic heterocycles. The fourth-order valence-electron chi connectivity index (χ4n) is 3.66. The number of benzene rings is 1. The molecule has 0 bridgehead atoms. The zero-order valence-corrected chi connectivity index (χ0v) is 14.3. The number of hydrogen-bond donors (Lipinski definition) is 1. The number of urea groups is 1. The molecule has 0 unspecified atom stereocenters. The van der Waals surface area contributed by atoms with E-state index in [0.29, 0.717) is 30.3 Å². The Hall–Kier alpha value is -2.83. The molecule has 26 heavy (non-hydrogen) atoms. The van der Waals surface area contributed by atoms with E-state index in [1.165, 1.54) is 11.0 Å². The maximum absolute atomic E-state index is 12.9. The molecule has 1 saturated heterocycles. The highest BCUT2D eigenvalue weighted by atomic mass is 16.6. The molecule has 3 aliphatic rings. The molecule has 0 radical (unpaired) electrons. The van der Waals surface area contributed by atoms with E-state index in [0.717, 1.165) is 32.1 Å². The number of hydrogen-bond acceptors (Lipinski definition) is 5. The Bertz CT molecular complexity index is 795. The van der Waals surface area contributed by atoms with Crippen molar-refractivity contribution in [3.05, 3.63) is 29.3 Å². The van der Waals surface area contributed by atoms with Crippen LogP contribution in [-0.4, -0.2) is 42.0 Å². The molecule has 4 amide bonds. The van der Waals surface area contributed by atoms with E-state index < -0.39 is 17.8 Å². The summed E-state index contributed by atoms with van der Waals surface area (Å²) in [5.74, 6) is 0.0220. The third-order valence-corrected chi connectivity index (χ3v) is 4.95. The first kappa shape index (κ1) is 16.6. The lowest BCUT2D eigenvalue weighted by Crippen LogP contribution is -2.58. The molecule has 1 aromatic rings. The van der Waals surface area contributed by atoms with Crippen molar-refractivity contribution in [3.63, 3.8) is 0 Å². The second-order valence-corrected chi connectivity index (χ2v) is 6.69. The molecule has 4 rings (SSSR count). The minimum atomic E-state index is -0.665. The summed E-state index contributed by atoms with van der Waals surface area (Å²) in [6, 6.07) is 4.46. The van der Waals surface area contributed by atoms with Gasteiger partial charge >= 0.3 is 6.03 Å². The van der Waals surface area contributed by atoms with Gasteiger partial charge in [-0.15, -0.1) is 0 Å². The molecule has 0 spiro atoms. The summed E-state index contributed by atoms with van der Waals surface area (Å²) in [5.41, 5.74) is 0.609. The smallest absolute Gasteiger partial charge is 0.331 e. The van der Waals surface area contributed by atoms with Gasteiger partial charge in [-0.3, -0.25) is 19.8 Å². The van der Waals surface area contributed by atoms with Crippen LogP contribution in [0.4, 0.5) is 4.79 Å². The third kappa shape index (κ3) is 3.05. The molecule has 0 atom stereocenters. The second-order valence-electron chi connectivity index (χ2n) is 6.69. The minimum Gasteiger partial charge on any atom is -0.486 e. The average Bonchev–Trinajstić information content (AvgIpc) is 2.66. The van der Waals surface area contributed by atoms with Crippen molar-refractivity contribution in [1.82, 2.24) is 10.2 Å². The van der Waals surface area contributed by atoms with Crippen molar-refractivity contribution in [2.75, 3.05) is 13.2 Å². The molecule has 7 heteroatoms. The Morgan fingerprint density at radius 2 is 1.73 bits per heavy atom. The number of amides is 4. The number of rotatable bonds is 2. The SMILES string of the molecule is O=C1NC(=O)N(C2CCCCC2)C(=O)C1=Cc1ccc2c(c1)OCCO2. The molecule has 1 N–H and O–H groups in total. The van der Waals surface area contributed by atoms with E-state index in [1.54, 1.807) is 18.2 Å². The maximum atomic E-state index is 12.9. The quantitative estimate of drug-likeness (QED) is 0.649. The fraction of sp³-hybridized carbons (Fsp3) is 0.421. The van der Waals surface area contributed by atoms with Gasteiger partial charge in [0, 0.05) is 6.04 Å². The van der Waals surface area contributed by atoms with E-state index in [-0.39, 0.29) is 11.6 Å². The normalized spacial score (nSPS) is 22.5. The largest absolute Gasteiger partial charge is 0.486 e. The van der Waals surface area contributed by atoms with E-state index in [2.05, 4.69) is 5.32 Å². The predicted molar refractivity (Wildman–Crippen MR) is 92.7 cm³/mol. The first-order valence-corrected chi connectivity index (χ1v) is 8.94. The molecule has 2 heterocycles. The predicted octanol–water partition coefficient (Wildman–Crippen LogP) is 2.25. The third-order valence-electron chi connectivity index (χ3n) is 4.95. The van der Waals surface area contributed by atoms with Gasteiger partial charge in [0.05, 0.1) is 0 Å². The Kier molecular flexibility index (Phi) is 4.36. The van der Waals surface area contributed by atoms with Crippen LogP contribution in [0, 0.1) is 0 Å². The van der Waals surface area contributed by atoms with Crippen LogP contribution in [0.15, 0.2) is 23.8 Å². The van der Waals surface area contributed by atoms with Crippen LogP contribution >= 0.6 is 0 Å². The maximum Gasteiger partial charge on any atom is 0.331 e. The fourth-order valence-corrected chi connectivity index (χ4v) is 3.66. The van der Waals surface area contributed by atoms with Crippen molar-refractivity contribution >= 4 is 23.9 Å². The molecule has 7 nitrogen and oxygen atoms in total. The van der Waals surface area contributed by atoms with Gasteiger partial charge in [0.15, 0.2) is 11.5 Å². The number of nitrogens with zero attached hydrogens (tertiary/aromatic N) is 1. The van der Waals surface area contributed by atoms with Gasteiger partial charge in [-0.05, 0) is 36.6 Å². The standard InChI is InChI=1S/C19H20N2O5/c22-17-14(10-12-6-7-15-16(11-12)26-9-8-25-15)18(23)21(19(24)20-17)13-4-2-1-3-5-13/h6-7,10-11,13H,1-5,8-9H2,(H,20,22,24). The van der Waals surface area contributed by atoms with Gasteiger partial charge < -0.3 is 9.47 Å². The van der Waals surface area contributed by atoms with Crippen molar-refractivity contribution in [1.29, 1.82) is 0 Å². The van der Waals surface area contributed by atoms with E-state index in [4.69, 9.17) is 9.47 Å². The summed E-state index contributed by atoms with van der Waals surface area (Å²) < 4.78 is 11.0. The molecule has 1 aliphatic carbocycles. The minimum absolute atomic E-state index is 0.0353. The van der Waals surface area contributed by atoms with Gasteiger partial charge in [0.25, 0.3) is 11.8 Å². The lowest BCUT2D eigenvalue weighted by molar-refractivity contribution is -0.132. The second kappa shape index (κ2) is 6.82. The first-order valence-electron chi connectivity index (χ1n) is 8.94. The van der Waals surface area contributed by atoms with Crippen molar-refractivity contribution in [2.24, 2.45) is 0 Å². The highest BCUT2D eigenvalue weighted by molar-refractivity contribution is 6.31. The number of imide groups is 2. The molecule has 0 aromatic heterocycles. The summed E-state index contributed by atoms with van der Waals surface area (Å²) in [6.07, 6.45) is 6.14. The number of barbiturate groups is 1. The van der Waals surface area contributed by atoms with Crippen molar-refractivity contribution < 1.29 is 23.9 Å². The first-order chi connectivity index (χ1) is 12.6. The number of carbonyl (C=O) groups is 3. The summed E-state index contributed by atoms with van der Waals surface area (Å²) in [7, 11) is 0. The van der Waals surface area contributed by atoms with Gasteiger partial charge in [-0.2, -0.15) is 0 Å². The van der Waals surface area contributed by atoms with Crippen LogP contribution < -0.4 is 14.8 Å². The lowest BCUT2D eigenvalue weighted by atomic mass is 9.93. The molecule has 2 fully saturated rings. The van der Waals surface area contributed by atoms with E-state index in [1.807, 2.05) is 0 Å². The van der Waals surface area contributed by atoms with Gasteiger partial charge in [0.2, 0.25) is 0 Å². The van der Waals surface area contributed by atoms with Gasteiger partial charge in [-0.1, -0.05) is 25.3 Å². The van der Waals surface area contributed by atoms with Gasteiger partial charge in [-0.25, -0.2) is 4.79 Å². The molecule has 1 aromatic carbocycles. The summed E-state index contributed by atoms with van der Waals surface area (Å²) in [5, 5.41) is 2.29. The van der Waals surface area contributed by atoms with Crippen LogP contribution in [0.1, 0.15) is 37.7 Å². The van der Waals surface area contributed by atoms with Crippen molar-refractivity contribution in [2.45, 2.75) is 38.1 Å². The number of carbonyl (C=O) groups excluding carboxylic acids is 3. The molecule has 136 valence electrons. The number of ether oxygens (including phenoxy) is 2. The monoisotopic (exact) mass is 356 g/mol. The van der Waals surface area contributed by atoms with Crippen molar-refractivity contribution in [3.8, 4) is 11.5 Å².